The van der Waals surface area contributed by atoms with E-state index in [1.807, 2.05) is 0 Å². The fourth-order valence-electron chi connectivity index (χ4n) is 1.83. The van der Waals surface area contributed by atoms with E-state index < -0.39 is 18.3 Å². The molecule has 0 aliphatic heterocycles. The number of aliphatic hydroxyl groups excluding tert-OH is 3. The minimum Gasteiger partial charge on any atom is -0.388 e. The van der Waals surface area contributed by atoms with Crippen LogP contribution in [0.5, 0.6) is 0 Å². The minimum atomic E-state index is -1.10. The van der Waals surface area contributed by atoms with Crippen LogP contribution in [-0.2, 0) is 0 Å². The average Bonchev–Trinajstić information content (AvgIpc) is 2.25. The third-order valence-electron chi connectivity index (χ3n) is 3.00. The molecule has 0 aromatic rings. The Kier molecular flexibility index (Phi) is 7.19. The molecule has 0 unspecified atom stereocenters. The van der Waals surface area contributed by atoms with Crippen LogP contribution in [0.15, 0.2) is 12.2 Å². The second-order valence-corrected chi connectivity index (χ2v) is 4.06. The van der Waals surface area contributed by atoms with Gasteiger partial charge in [-0.1, -0.05) is 26.0 Å². The Labute approximate surface area is 103 Å². The smallest absolute Gasteiger partial charge is 0.111 e. The lowest BCUT2D eigenvalue weighted by Gasteiger charge is -2.33. The molecule has 1 rings (SSSR count). The van der Waals surface area contributed by atoms with Crippen molar-refractivity contribution in [1.82, 2.24) is 5.32 Å². The lowest BCUT2D eigenvalue weighted by atomic mass is 9.93. The van der Waals surface area contributed by atoms with Crippen molar-refractivity contribution in [2.75, 3.05) is 0 Å². The largest absolute Gasteiger partial charge is 0.388 e. The molecule has 0 amide bonds. The van der Waals surface area contributed by atoms with Crippen molar-refractivity contribution >= 4 is 12.4 Å². The summed E-state index contributed by atoms with van der Waals surface area (Å²) in [6, 6.07) is 0.0602. The molecule has 0 aromatic carbocycles. The lowest BCUT2D eigenvalue weighted by Crippen LogP contribution is -2.54. The Bertz CT molecular complexity index is 221. The van der Waals surface area contributed by atoms with Crippen LogP contribution >= 0.6 is 12.4 Å². The molecule has 96 valence electrons. The van der Waals surface area contributed by atoms with E-state index in [1.165, 1.54) is 6.08 Å². The van der Waals surface area contributed by atoms with Crippen LogP contribution in [0.25, 0.3) is 0 Å². The molecular formula is C11H22ClNO3. The summed E-state index contributed by atoms with van der Waals surface area (Å²) in [5.74, 6) is 0. The summed E-state index contributed by atoms with van der Waals surface area (Å²) >= 11 is 0. The molecule has 4 nitrogen and oxygen atoms in total. The summed E-state index contributed by atoms with van der Waals surface area (Å²) in [6.07, 6.45) is 2.21. The summed E-state index contributed by atoms with van der Waals surface area (Å²) in [5, 5.41) is 31.7. The van der Waals surface area contributed by atoms with Crippen LogP contribution in [-0.4, -0.2) is 45.7 Å². The molecule has 16 heavy (non-hydrogen) atoms. The zero-order chi connectivity index (χ0) is 11.4. The molecule has 0 saturated heterocycles. The van der Waals surface area contributed by atoms with Gasteiger partial charge in [0.15, 0.2) is 0 Å². The van der Waals surface area contributed by atoms with E-state index in [0.29, 0.717) is 6.04 Å². The van der Waals surface area contributed by atoms with Crippen molar-refractivity contribution in [1.29, 1.82) is 0 Å². The standard InChI is InChI=1S/C11H21NO3.ClH/c1-3-7(4-2)12-8-5-6-9(13)11(15)10(8)14;/h5-15H,3-4H2,1-2H3;1H/t8-,9+,10+,11+;/m1./s1. The Morgan fingerprint density at radius 2 is 1.62 bits per heavy atom. The molecule has 4 N–H and O–H groups in total. The van der Waals surface area contributed by atoms with Crippen molar-refractivity contribution in [2.45, 2.75) is 57.1 Å². The van der Waals surface area contributed by atoms with Gasteiger partial charge < -0.3 is 20.6 Å². The lowest BCUT2D eigenvalue weighted by molar-refractivity contribution is -0.0578. The van der Waals surface area contributed by atoms with Gasteiger partial charge in [-0.2, -0.15) is 0 Å². The molecule has 0 fully saturated rings. The van der Waals surface area contributed by atoms with E-state index >= 15 is 0 Å². The number of halogens is 1. The van der Waals surface area contributed by atoms with Crippen LogP contribution < -0.4 is 5.32 Å². The Morgan fingerprint density at radius 3 is 2.12 bits per heavy atom. The van der Waals surface area contributed by atoms with Gasteiger partial charge in [-0.3, -0.25) is 0 Å². The SMILES string of the molecule is CCC(CC)N[C@@H]1C=C[C@H](O)[C@H](O)[C@H]1O.Cl. The average molecular weight is 252 g/mol. The first-order chi connectivity index (χ1) is 7.10. The summed E-state index contributed by atoms with van der Waals surface area (Å²) in [4.78, 5) is 0. The maximum atomic E-state index is 9.72. The van der Waals surface area contributed by atoms with Crippen LogP contribution in [0.4, 0.5) is 0 Å². The van der Waals surface area contributed by atoms with E-state index in [-0.39, 0.29) is 18.4 Å². The highest BCUT2D eigenvalue weighted by atomic mass is 35.5. The van der Waals surface area contributed by atoms with Crippen LogP contribution in [0.3, 0.4) is 0 Å². The van der Waals surface area contributed by atoms with Gasteiger partial charge in [-0.15, -0.1) is 12.4 Å². The molecule has 0 saturated carbocycles. The van der Waals surface area contributed by atoms with Gasteiger partial charge in [0.05, 0.1) is 6.04 Å². The molecule has 0 heterocycles. The van der Waals surface area contributed by atoms with E-state index in [1.54, 1.807) is 6.08 Å². The van der Waals surface area contributed by atoms with Crippen molar-refractivity contribution < 1.29 is 15.3 Å². The molecule has 0 radical (unpaired) electrons. The number of nitrogens with one attached hydrogen (secondary N) is 1. The highest BCUT2D eigenvalue weighted by molar-refractivity contribution is 5.85. The molecule has 5 heteroatoms. The summed E-state index contributed by atoms with van der Waals surface area (Å²) in [7, 11) is 0. The van der Waals surface area contributed by atoms with Gasteiger partial charge in [-0.25, -0.2) is 0 Å². The first-order valence-electron chi connectivity index (χ1n) is 5.58. The Balaban J connectivity index is 0.00000225. The maximum Gasteiger partial charge on any atom is 0.111 e. The van der Waals surface area contributed by atoms with Gasteiger partial charge in [0, 0.05) is 6.04 Å². The summed E-state index contributed by atoms with van der Waals surface area (Å²) in [6.45, 7) is 4.15. The molecule has 0 bridgehead atoms. The number of aliphatic hydroxyl groups is 3. The highest BCUT2D eigenvalue weighted by Crippen LogP contribution is 2.15. The molecular weight excluding hydrogens is 230 g/mol. The van der Waals surface area contributed by atoms with Crippen molar-refractivity contribution in [2.24, 2.45) is 0 Å². The van der Waals surface area contributed by atoms with E-state index in [0.717, 1.165) is 12.8 Å². The number of hydrogen-bond donors (Lipinski definition) is 4. The van der Waals surface area contributed by atoms with Gasteiger partial charge in [0.1, 0.15) is 18.3 Å². The third kappa shape index (κ3) is 3.71. The van der Waals surface area contributed by atoms with Gasteiger partial charge in [-0.05, 0) is 12.8 Å². The second kappa shape index (κ2) is 7.25. The molecule has 1 aliphatic rings. The monoisotopic (exact) mass is 251 g/mol. The fraction of sp³-hybridized carbons (Fsp3) is 0.818. The Morgan fingerprint density at radius 1 is 1.06 bits per heavy atom. The predicted molar refractivity (Wildman–Crippen MR) is 65.7 cm³/mol. The number of rotatable bonds is 4. The van der Waals surface area contributed by atoms with Gasteiger partial charge in [0.2, 0.25) is 0 Å². The van der Waals surface area contributed by atoms with E-state index in [2.05, 4.69) is 19.2 Å². The highest BCUT2D eigenvalue weighted by Gasteiger charge is 2.33. The molecule has 1 aliphatic carbocycles. The van der Waals surface area contributed by atoms with Crippen LogP contribution in [0, 0.1) is 0 Å². The third-order valence-corrected chi connectivity index (χ3v) is 3.00. The predicted octanol–water partition coefficient (Wildman–Crippen LogP) is 0.207. The molecule has 4 atom stereocenters. The molecule has 0 spiro atoms. The normalized spacial score (nSPS) is 33.9. The zero-order valence-electron chi connectivity index (χ0n) is 9.71. The molecule has 0 aromatic heterocycles. The first kappa shape index (κ1) is 15.9. The van der Waals surface area contributed by atoms with Crippen molar-refractivity contribution in [3.8, 4) is 0 Å². The van der Waals surface area contributed by atoms with E-state index in [9.17, 15) is 15.3 Å². The summed E-state index contributed by atoms with van der Waals surface area (Å²) < 4.78 is 0. The summed E-state index contributed by atoms with van der Waals surface area (Å²) in [5.41, 5.74) is 0. The quantitative estimate of drug-likeness (QED) is 0.539. The minimum absolute atomic E-state index is 0. The number of hydrogen-bond acceptors (Lipinski definition) is 4. The van der Waals surface area contributed by atoms with Crippen LogP contribution in [0.1, 0.15) is 26.7 Å². The first-order valence-corrected chi connectivity index (χ1v) is 5.58. The van der Waals surface area contributed by atoms with E-state index in [4.69, 9.17) is 0 Å². The van der Waals surface area contributed by atoms with Crippen molar-refractivity contribution in [3.05, 3.63) is 12.2 Å². The fourth-order valence-corrected chi connectivity index (χ4v) is 1.83. The second-order valence-electron chi connectivity index (χ2n) is 4.06. The van der Waals surface area contributed by atoms with Gasteiger partial charge >= 0.3 is 0 Å². The topological polar surface area (TPSA) is 72.7 Å². The van der Waals surface area contributed by atoms with Crippen molar-refractivity contribution in [3.63, 3.8) is 0 Å². The zero-order valence-corrected chi connectivity index (χ0v) is 10.5. The maximum absolute atomic E-state index is 9.72. The van der Waals surface area contributed by atoms with Crippen LogP contribution in [0.2, 0.25) is 0 Å². The van der Waals surface area contributed by atoms with Gasteiger partial charge in [0.25, 0.3) is 0 Å². The Hall–Kier alpha value is -0.130.